The molecule has 0 unspecified atom stereocenters. The SMILES string of the molecule is O=C(O)CNC(=O)C(C(=O)NC1CCCCC1)=C(O)NCc1ccccc1. The number of carboxylic acids is 1. The van der Waals surface area contributed by atoms with Gasteiger partial charge in [-0.1, -0.05) is 49.6 Å². The van der Waals surface area contributed by atoms with E-state index in [-0.39, 0.29) is 12.6 Å². The van der Waals surface area contributed by atoms with Crippen LogP contribution in [0, 0.1) is 0 Å². The molecule has 146 valence electrons. The van der Waals surface area contributed by atoms with Gasteiger partial charge in [0.05, 0.1) is 0 Å². The van der Waals surface area contributed by atoms with Crippen molar-refractivity contribution >= 4 is 17.8 Å². The molecule has 1 aromatic carbocycles. The standard InChI is InChI=1S/C19H25N3O5/c23-15(24)12-21-18(26)16(19(27)22-14-9-5-2-6-10-14)17(25)20-11-13-7-3-1-4-8-13/h1,3-4,7-8,14,20,25H,2,5-6,9-12H2,(H,21,26)(H,22,27)(H,23,24). The fraction of sp³-hybridized carbons (Fsp3) is 0.421. The zero-order valence-electron chi connectivity index (χ0n) is 15.0. The first-order valence-corrected chi connectivity index (χ1v) is 8.99. The van der Waals surface area contributed by atoms with Gasteiger partial charge in [0.2, 0.25) is 5.88 Å². The summed E-state index contributed by atoms with van der Waals surface area (Å²) in [5.74, 6) is -3.49. The molecular weight excluding hydrogens is 350 g/mol. The summed E-state index contributed by atoms with van der Waals surface area (Å²) in [6.45, 7) is -0.440. The number of aliphatic hydroxyl groups is 1. The number of nitrogens with one attached hydrogen (secondary N) is 3. The van der Waals surface area contributed by atoms with Crippen LogP contribution in [0.15, 0.2) is 41.8 Å². The van der Waals surface area contributed by atoms with Crippen LogP contribution in [-0.4, -0.2) is 40.6 Å². The maximum absolute atomic E-state index is 12.6. The normalized spacial score (nSPS) is 15.4. The van der Waals surface area contributed by atoms with E-state index in [1.807, 2.05) is 30.3 Å². The molecule has 8 heteroatoms. The molecule has 0 heterocycles. The molecule has 0 aliphatic heterocycles. The molecule has 1 aromatic rings. The number of hydrogen-bond acceptors (Lipinski definition) is 5. The molecule has 2 rings (SSSR count). The predicted octanol–water partition coefficient (Wildman–Crippen LogP) is 1.20. The number of hydrogen-bond donors (Lipinski definition) is 5. The zero-order chi connectivity index (χ0) is 19.6. The van der Waals surface area contributed by atoms with Crippen LogP contribution in [0.5, 0.6) is 0 Å². The summed E-state index contributed by atoms with van der Waals surface area (Å²) >= 11 is 0. The van der Waals surface area contributed by atoms with E-state index in [9.17, 15) is 19.5 Å². The minimum Gasteiger partial charge on any atom is -0.494 e. The molecule has 0 radical (unpaired) electrons. The molecule has 0 saturated heterocycles. The van der Waals surface area contributed by atoms with Crippen LogP contribution < -0.4 is 16.0 Å². The Labute approximate surface area is 157 Å². The Hall–Kier alpha value is -3.03. The number of rotatable bonds is 8. The van der Waals surface area contributed by atoms with Crippen molar-refractivity contribution in [1.29, 1.82) is 0 Å². The lowest BCUT2D eigenvalue weighted by molar-refractivity contribution is -0.138. The molecule has 0 spiro atoms. The molecule has 1 saturated carbocycles. The van der Waals surface area contributed by atoms with Crippen LogP contribution in [0.4, 0.5) is 0 Å². The van der Waals surface area contributed by atoms with Gasteiger partial charge in [-0.25, -0.2) is 0 Å². The number of aliphatic hydroxyl groups excluding tert-OH is 1. The molecular formula is C19H25N3O5. The Bertz CT molecular complexity index is 697. The second-order valence-corrected chi connectivity index (χ2v) is 6.45. The van der Waals surface area contributed by atoms with Gasteiger partial charge in [0, 0.05) is 12.6 Å². The van der Waals surface area contributed by atoms with E-state index in [0.717, 1.165) is 37.7 Å². The van der Waals surface area contributed by atoms with Crippen molar-refractivity contribution < 1.29 is 24.6 Å². The van der Waals surface area contributed by atoms with Crippen LogP contribution in [0.3, 0.4) is 0 Å². The van der Waals surface area contributed by atoms with E-state index in [1.54, 1.807) is 0 Å². The Morgan fingerprint density at radius 1 is 0.926 bits per heavy atom. The van der Waals surface area contributed by atoms with E-state index in [2.05, 4.69) is 16.0 Å². The molecule has 1 aliphatic rings. The Morgan fingerprint density at radius 3 is 2.22 bits per heavy atom. The topological polar surface area (TPSA) is 128 Å². The molecule has 8 nitrogen and oxygen atoms in total. The average molecular weight is 375 g/mol. The Kier molecular flexibility index (Phi) is 7.66. The van der Waals surface area contributed by atoms with Gasteiger partial charge in [0.15, 0.2) is 5.57 Å². The van der Waals surface area contributed by atoms with E-state index >= 15 is 0 Å². The van der Waals surface area contributed by atoms with Gasteiger partial charge in [-0.2, -0.15) is 0 Å². The highest BCUT2D eigenvalue weighted by molar-refractivity contribution is 6.19. The van der Waals surface area contributed by atoms with Crippen LogP contribution in [0.2, 0.25) is 0 Å². The lowest BCUT2D eigenvalue weighted by Crippen LogP contribution is -2.43. The highest BCUT2D eigenvalue weighted by Crippen LogP contribution is 2.18. The fourth-order valence-corrected chi connectivity index (χ4v) is 2.94. The van der Waals surface area contributed by atoms with Gasteiger partial charge >= 0.3 is 5.97 Å². The minimum absolute atomic E-state index is 0.0598. The third kappa shape index (κ3) is 6.65. The summed E-state index contributed by atoms with van der Waals surface area (Å²) in [5.41, 5.74) is 0.333. The minimum atomic E-state index is -1.24. The monoisotopic (exact) mass is 375 g/mol. The van der Waals surface area contributed by atoms with Crippen LogP contribution in [-0.2, 0) is 20.9 Å². The lowest BCUT2D eigenvalue weighted by atomic mass is 9.95. The van der Waals surface area contributed by atoms with E-state index < -0.39 is 35.8 Å². The predicted molar refractivity (Wildman–Crippen MR) is 98.6 cm³/mol. The first kappa shape index (κ1) is 20.3. The fourth-order valence-electron chi connectivity index (χ4n) is 2.94. The molecule has 0 bridgehead atoms. The maximum atomic E-state index is 12.6. The van der Waals surface area contributed by atoms with Gasteiger partial charge < -0.3 is 26.2 Å². The maximum Gasteiger partial charge on any atom is 0.322 e. The van der Waals surface area contributed by atoms with Crippen molar-refractivity contribution in [3.8, 4) is 0 Å². The van der Waals surface area contributed by atoms with Gasteiger partial charge in [0.25, 0.3) is 11.8 Å². The third-order valence-corrected chi connectivity index (χ3v) is 4.33. The molecule has 2 amide bonds. The molecule has 0 atom stereocenters. The summed E-state index contributed by atoms with van der Waals surface area (Å²) < 4.78 is 0. The number of benzene rings is 1. The summed E-state index contributed by atoms with van der Waals surface area (Å²) in [4.78, 5) is 35.5. The summed E-state index contributed by atoms with van der Waals surface area (Å²) in [7, 11) is 0. The largest absolute Gasteiger partial charge is 0.494 e. The van der Waals surface area contributed by atoms with Gasteiger partial charge in [-0.05, 0) is 18.4 Å². The second kappa shape index (κ2) is 10.2. The van der Waals surface area contributed by atoms with Gasteiger partial charge in [0.1, 0.15) is 6.54 Å². The van der Waals surface area contributed by atoms with E-state index in [4.69, 9.17) is 5.11 Å². The Balaban J connectivity index is 2.11. The Morgan fingerprint density at radius 2 is 1.59 bits per heavy atom. The number of amides is 2. The third-order valence-electron chi connectivity index (χ3n) is 4.33. The van der Waals surface area contributed by atoms with Crippen molar-refractivity contribution in [2.75, 3.05) is 6.54 Å². The van der Waals surface area contributed by atoms with Crippen molar-refractivity contribution in [2.24, 2.45) is 0 Å². The van der Waals surface area contributed by atoms with Crippen molar-refractivity contribution in [1.82, 2.24) is 16.0 Å². The first-order valence-electron chi connectivity index (χ1n) is 8.99. The van der Waals surface area contributed by atoms with Gasteiger partial charge in [-0.3, -0.25) is 14.4 Å². The average Bonchev–Trinajstić information content (AvgIpc) is 2.66. The first-order chi connectivity index (χ1) is 13.0. The van der Waals surface area contributed by atoms with Crippen molar-refractivity contribution in [2.45, 2.75) is 44.7 Å². The van der Waals surface area contributed by atoms with E-state index in [1.165, 1.54) is 0 Å². The zero-order valence-corrected chi connectivity index (χ0v) is 15.0. The molecule has 5 N–H and O–H groups in total. The van der Waals surface area contributed by atoms with Crippen LogP contribution in [0.1, 0.15) is 37.7 Å². The highest BCUT2D eigenvalue weighted by atomic mass is 16.4. The molecule has 1 aliphatic carbocycles. The van der Waals surface area contributed by atoms with Crippen LogP contribution >= 0.6 is 0 Å². The number of carbonyl (C=O) groups is 3. The lowest BCUT2D eigenvalue weighted by Gasteiger charge is -2.23. The van der Waals surface area contributed by atoms with Gasteiger partial charge in [-0.15, -0.1) is 0 Å². The second-order valence-electron chi connectivity index (χ2n) is 6.45. The number of carboxylic acid groups (broad SMARTS) is 1. The summed E-state index contributed by atoms with van der Waals surface area (Å²) in [6.07, 6.45) is 4.72. The number of aliphatic carboxylic acids is 1. The number of carbonyl (C=O) groups excluding carboxylic acids is 2. The quantitative estimate of drug-likeness (QED) is 0.201. The summed E-state index contributed by atoms with van der Waals surface area (Å²) in [5, 5.41) is 26.6. The van der Waals surface area contributed by atoms with E-state index in [0.29, 0.717) is 0 Å². The molecule has 0 aromatic heterocycles. The highest BCUT2D eigenvalue weighted by Gasteiger charge is 2.26. The van der Waals surface area contributed by atoms with Crippen molar-refractivity contribution in [3.63, 3.8) is 0 Å². The summed E-state index contributed by atoms with van der Waals surface area (Å²) in [6, 6.07) is 9.10. The molecule has 1 fully saturated rings. The molecule has 27 heavy (non-hydrogen) atoms. The van der Waals surface area contributed by atoms with Crippen molar-refractivity contribution in [3.05, 3.63) is 47.4 Å². The van der Waals surface area contributed by atoms with Crippen LogP contribution in [0.25, 0.3) is 0 Å². The smallest absolute Gasteiger partial charge is 0.322 e.